The Bertz CT molecular complexity index is 615. The van der Waals surface area contributed by atoms with E-state index in [1.54, 1.807) is 17.5 Å². The number of aromatic nitrogens is 2. The van der Waals surface area contributed by atoms with Crippen molar-refractivity contribution in [3.05, 3.63) is 23.2 Å². The molecule has 1 aromatic carbocycles. The predicted octanol–water partition coefficient (Wildman–Crippen LogP) is 1.14. The highest BCUT2D eigenvalue weighted by Gasteiger charge is 2.17. The molecular formula is C11H10N4O3S. The molecule has 1 amide bonds. The number of fused-ring (bicyclic) bond motifs is 1. The molecule has 0 spiro atoms. The largest absolute Gasteiger partial charge is 0.486 e. The number of benzene rings is 1. The number of carbonyl (C=O) groups is 1. The lowest BCUT2D eigenvalue weighted by molar-refractivity contribution is 0.102. The normalized spacial score (nSPS) is 13.1. The zero-order chi connectivity index (χ0) is 13.2. The first-order chi connectivity index (χ1) is 9.24. The number of ether oxygens (including phenoxy) is 2. The van der Waals surface area contributed by atoms with Crippen LogP contribution >= 0.6 is 11.5 Å². The smallest absolute Gasteiger partial charge is 0.277 e. The van der Waals surface area contributed by atoms with Crippen LogP contribution in [0.5, 0.6) is 11.5 Å². The highest BCUT2D eigenvalue weighted by atomic mass is 32.1. The summed E-state index contributed by atoms with van der Waals surface area (Å²) in [4.78, 5) is 11.9. The van der Waals surface area contributed by atoms with Crippen LogP contribution in [-0.4, -0.2) is 28.7 Å². The lowest BCUT2D eigenvalue weighted by atomic mass is 10.2. The van der Waals surface area contributed by atoms with E-state index >= 15 is 0 Å². The molecular weight excluding hydrogens is 268 g/mol. The van der Waals surface area contributed by atoms with Gasteiger partial charge in [-0.3, -0.25) is 4.79 Å². The van der Waals surface area contributed by atoms with Gasteiger partial charge in [0.05, 0.1) is 11.4 Å². The highest BCUT2D eigenvalue weighted by Crippen LogP contribution is 2.37. The first kappa shape index (κ1) is 11.7. The van der Waals surface area contributed by atoms with Gasteiger partial charge in [0, 0.05) is 17.5 Å². The van der Waals surface area contributed by atoms with Gasteiger partial charge in [0.15, 0.2) is 17.2 Å². The van der Waals surface area contributed by atoms with Crippen LogP contribution in [0.4, 0.5) is 11.4 Å². The average molecular weight is 278 g/mol. The second-order valence-corrected chi connectivity index (χ2v) is 4.44. The Morgan fingerprint density at radius 1 is 1.32 bits per heavy atom. The van der Waals surface area contributed by atoms with E-state index in [0.29, 0.717) is 36.1 Å². The molecule has 0 bridgehead atoms. The summed E-state index contributed by atoms with van der Waals surface area (Å²) in [6, 6.07) is 3.27. The van der Waals surface area contributed by atoms with Crippen molar-refractivity contribution in [2.24, 2.45) is 0 Å². The maximum Gasteiger partial charge on any atom is 0.277 e. The Hall–Kier alpha value is -2.35. The number of nitrogen functional groups attached to an aromatic ring is 1. The minimum Gasteiger partial charge on any atom is -0.486 e. The molecule has 0 radical (unpaired) electrons. The molecule has 0 aliphatic carbocycles. The summed E-state index contributed by atoms with van der Waals surface area (Å²) in [6.07, 6.45) is 0. The molecule has 0 unspecified atom stereocenters. The molecule has 1 aliphatic heterocycles. The van der Waals surface area contributed by atoms with Crippen molar-refractivity contribution in [2.75, 3.05) is 24.3 Å². The number of hydrogen-bond acceptors (Lipinski definition) is 7. The predicted molar refractivity (Wildman–Crippen MR) is 69.7 cm³/mol. The molecule has 1 aromatic heterocycles. The molecule has 2 aromatic rings. The summed E-state index contributed by atoms with van der Waals surface area (Å²) in [5.74, 6) is 0.779. The van der Waals surface area contributed by atoms with Gasteiger partial charge in [-0.1, -0.05) is 4.49 Å². The number of rotatable bonds is 2. The molecule has 0 fully saturated rings. The second kappa shape index (κ2) is 4.73. The first-order valence-corrected chi connectivity index (χ1v) is 6.35. The van der Waals surface area contributed by atoms with Gasteiger partial charge in [0.2, 0.25) is 0 Å². The van der Waals surface area contributed by atoms with E-state index < -0.39 is 0 Å². The maximum atomic E-state index is 11.9. The van der Waals surface area contributed by atoms with Crippen LogP contribution in [-0.2, 0) is 0 Å². The molecule has 0 atom stereocenters. The Kier molecular flexibility index (Phi) is 2.92. The second-order valence-electron chi connectivity index (χ2n) is 3.83. The van der Waals surface area contributed by atoms with Gasteiger partial charge in [0.1, 0.15) is 13.2 Å². The standard InChI is InChI=1S/C11H10N4O3S/c12-6-3-9-10(18-2-1-17-9)4-7(6)13-11(16)8-5-19-15-14-8/h3-5H,1-2,12H2,(H,13,16). The molecule has 0 saturated carbocycles. The number of carbonyl (C=O) groups excluding carboxylic acids is 1. The Balaban J connectivity index is 1.87. The topological polar surface area (TPSA) is 99.4 Å². The Labute approximate surface area is 112 Å². The third kappa shape index (κ3) is 2.29. The molecule has 19 heavy (non-hydrogen) atoms. The van der Waals surface area contributed by atoms with E-state index in [4.69, 9.17) is 15.2 Å². The molecule has 2 heterocycles. The zero-order valence-electron chi connectivity index (χ0n) is 9.75. The van der Waals surface area contributed by atoms with Gasteiger partial charge in [-0.25, -0.2) is 0 Å². The SMILES string of the molecule is Nc1cc2c(cc1NC(=O)c1csnn1)OCCO2. The van der Waals surface area contributed by atoms with Crippen molar-refractivity contribution >= 4 is 28.8 Å². The van der Waals surface area contributed by atoms with Gasteiger partial charge >= 0.3 is 0 Å². The fourth-order valence-corrected chi connectivity index (χ4v) is 2.10. The van der Waals surface area contributed by atoms with Crippen molar-refractivity contribution in [3.8, 4) is 11.5 Å². The fourth-order valence-electron chi connectivity index (χ4n) is 1.66. The van der Waals surface area contributed by atoms with Crippen LogP contribution in [0.1, 0.15) is 10.5 Å². The van der Waals surface area contributed by atoms with Crippen molar-refractivity contribution in [3.63, 3.8) is 0 Å². The van der Waals surface area contributed by atoms with Crippen molar-refractivity contribution in [1.82, 2.24) is 9.59 Å². The third-order valence-electron chi connectivity index (χ3n) is 2.56. The maximum absolute atomic E-state index is 11.9. The monoisotopic (exact) mass is 278 g/mol. The molecule has 3 rings (SSSR count). The number of nitrogens with two attached hydrogens (primary N) is 1. The molecule has 7 nitrogen and oxygen atoms in total. The number of amides is 1. The Morgan fingerprint density at radius 2 is 2.05 bits per heavy atom. The zero-order valence-corrected chi connectivity index (χ0v) is 10.6. The highest BCUT2D eigenvalue weighted by molar-refractivity contribution is 7.03. The van der Waals surface area contributed by atoms with Crippen LogP contribution < -0.4 is 20.5 Å². The minimum atomic E-state index is -0.364. The Morgan fingerprint density at radius 3 is 2.74 bits per heavy atom. The average Bonchev–Trinajstić information content (AvgIpc) is 2.93. The molecule has 98 valence electrons. The summed E-state index contributed by atoms with van der Waals surface area (Å²) in [6.45, 7) is 0.961. The summed E-state index contributed by atoms with van der Waals surface area (Å²) in [5.41, 5.74) is 6.98. The van der Waals surface area contributed by atoms with Crippen LogP contribution in [0.3, 0.4) is 0 Å². The molecule has 3 N–H and O–H groups in total. The molecule has 1 aliphatic rings. The summed E-state index contributed by atoms with van der Waals surface area (Å²) in [5, 5.41) is 7.92. The van der Waals surface area contributed by atoms with E-state index in [-0.39, 0.29) is 11.6 Å². The number of nitrogens with one attached hydrogen (secondary N) is 1. The number of hydrogen-bond donors (Lipinski definition) is 2. The lowest BCUT2D eigenvalue weighted by Gasteiger charge is -2.20. The third-order valence-corrected chi connectivity index (χ3v) is 3.06. The van der Waals surface area contributed by atoms with Gasteiger partial charge < -0.3 is 20.5 Å². The van der Waals surface area contributed by atoms with Crippen molar-refractivity contribution in [1.29, 1.82) is 0 Å². The summed E-state index contributed by atoms with van der Waals surface area (Å²) in [7, 11) is 0. The van der Waals surface area contributed by atoms with E-state index in [2.05, 4.69) is 14.9 Å². The van der Waals surface area contributed by atoms with Crippen LogP contribution in [0.25, 0.3) is 0 Å². The fraction of sp³-hybridized carbons (Fsp3) is 0.182. The van der Waals surface area contributed by atoms with E-state index in [1.165, 1.54) is 0 Å². The van der Waals surface area contributed by atoms with Crippen LogP contribution in [0.2, 0.25) is 0 Å². The van der Waals surface area contributed by atoms with Crippen LogP contribution in [0, 0.1) is 0 Å². The van der Waals surface area contributed by atoms with Gasteiger partial charge in [-0.2, -0.15) is 0 Å². The number of anilines is 2. The van der Waals surface area contributed by atoms with E-state index in [1.807, 2.05) is 0 Å². The minimum absolute atomic E-state index is 0.249. The van der Waals surface area contributed by atoms with Gasteiger partial charge in [0.25, 0.3) is 5.91 Å². The van der Waals surface area contributed by atoms with Crippen molar-refractivity contribution in [2.45, 2.75) is 0 Å². The molecule has 0 saturated heterocycles. The quantitative estimate of drug-likeness (QED) is 0.799. The van der Waals surface area contributed by atoms with Gasteiger partial charge in [-0.15, -0.1) is 5.10 Å². The summed E-state index contributed by atoms with van der Waals surface area (Å²) >= 11 is 1.11. The summed E-state index contributed by atoms with van der Waals surface area (Å²) < 4.78 is 14.5. The lowest BCUT2D eigenvalue weighted by Crippen LogP contribution is -2.17. The van der Waals surface area contributed by atoms with Gasteiger partial charge in [-0.05, 0) is 11.5 Å². The van der Waals surface area contributed by atoms with E-state index in [9.17, 15) is 4.79 Å². The van der Waals surface area contributed by atoms with Crippen LogP contribution in [0.15, 0.2) is 17.5 Å². The van der Waals surface area contributed by atoms with Crippen molar-refractivity contribution < 1.29 is 14.3 Å². The number of nitrogens with zero attached hydrogens (tertiary/aromatic N) is 2. The first-order valence-electron chi connectivity index (χ1n) is 5.51. The molecule has 8 heteroatoms. The van der Waals surface area contributed by atoms with E-state index in [0.717, 1.165) is 11.5 Å².